The maximum atomic E-state index is 5.94. The van der Waals surface area contributed by atoms with E-state index in [4.69, 9.17) is 4.42 Å². The van der Waals surface area contributed by atoms with E-state index in [1.54, 1.807) is 6.20 Å². The third-order valence-electron chi connectivity index (χ3n) is 3.64. The first-order valence-electron chi connectivity index (χ1n) is 7.69. The average molecular weight is 304 g/mol. The Hall–Kier alpha value is -2.68. The van der Waals surface area contributed by atoms with Crippen molar-refractivity contribution in [3.05, 3.63) is 59.8 Å². The second kappa shape index (κ2) is 6.21. The van der Waals surface area contributed by atoms with Gasteiger partial charge in [0.15, 0.2) is 5.76 Å². The summed E-state index contributed by atoms with van der Waals surface area (Å²) in [6.45, 7) is 8.11. The highest BCUT2D eigenvalue weighted by Crippen LogP contribution is 2.30. The zero-order valence-electron chi connectivity index (χ0n) is 13.9. The molecule has 1 heterocycles. The minimum Gasteiger partial charge on any atom is -0.436 e. The quantitative estimate of drug-likeness (QED) is 0.579. The minimum atomic E-state index is 0.616. The van der Waals surface area contributed by atoms with E-state index in [0.717, 1.165) is 33.8 Å². The SMILES string of the molecule is CC(C)=Nc1cc(-c2ncc(-c3ccc(C)cc3)o2)ccc1C. The van der Waals surface area contributed by atoms with Crippen LogP contribution in [0.5, 0.6) is 0 Å². The highest BCUT2D eigenvalue weighted by molar-refractivity contribution is 5.83. The Morgan fingerprint density at radius 2 is 1.65 bits per heavy atom. The van der Waals surface area contributed by atoms with Gasteiger partial charge >= 0.3 is 0 Å². The number of oxazole rings is 1. The summed E-state index contributed by atoms with van der Waals surface area (Å²) in [5.41, 5.74) is 6.32. The van der Waals surface area contributed by atoms with Crippen molar-refractivity contribution in [1.82, 2.24) is 4.98 Å². The Bertz CT molecular complexity index is 854. The normalized spacial score (nSPS) is 10.6. The molecule has 23 heavy (non-hydrogen) atoms. The van der Waals surface area contributed by atoms with E-state index in [1.807, 2.05) is 44.2 Å². The van der Waals surface area contributed by atoms with Gasteiger partial charge in [0.1, 0.15) is 0 Å². The van der Waals surface area contributed by atoms with Gasteiger partial charge in [0.05, 0.1) is 11.9 Å². The molecule has 3 rings (SSSR count). The molecule has 0 N–H and O–H groups in total. The molecule has 3 aromatic rings. The lowest BCUT2D eigenvalue weighted by Gasteiger charge is -2.03. The number of benzene rings is 2. The molecule has 0 atom stereocenters. The molecule has 2 aromatic carbocycles. The lowest BCUT2D eigenvalue weighted by Crippen LogP contribution is -1.83. The molecule has 0 saturated heterocycles. The van der Waals surface area contributed by atoms with Gasteiger partial charge in [-0.2, -0.15) is 0 Å². The van der Waals surface area contributed by atoms with E-state index in [-0.39, 0.29) is 0 Å². The van der Waals surface area contributed by atoms with E-state index in [0.29, 0.717) is 5.89 Å². The predicted molar refractivity (Wildman–Crippen MR) is 95.3 cm³/mol. The molecule has 0 bridgehead atoms. The molecule has 0 spiro atoms. The van der Waals surface area contributed by atoms with Crippen LogP contribution in [0.15, 0.2) is 58.1 Å². The van der Waals surface area contributed by atoms with Crippen molar-refractivity contribution in [3.8, 4) is 22.8 Å². The van der Waals surface area contributed by atoms with E-state index < -0.39 is 0 Å². The van der Waals surface area contributed by atoms with Crippen LogP contribution in [0.25, 0.3) is 22.8 Å². The zero-order valence-corrected chi connectivity index (χ0v) is 13.9. The van der Waals surface area contributed by atoms with E-state index in [9.17, 15) is 0 Å². The van der Waals surface area contributed by atoms with Crippen molar-refractivity contribution >= 4 is 11.4 Å². The summed E-state index contributed by atoms with van der Waals surface area (Å²) >= 11 is 0. The Labute approximate surface area is 136 Å². The van der Waals surface area contributed by atoms with Crippen LogP contribution >= 0.6 is 0 Å². The third-order valence-corrected chi connectivity index (χ3v) is 3.64. The zero-order chi connectivity index (χ0) is 16.4. The second-order valence-corrected chi connectivity index (χ2v) is 5.96. The molecule has 0 radical (unpaired) electrons. The molecule has 0 aliphatic carbocycles. The van der Waals surface area contributed by atoms with Crippen LogP contribution in [0, 0.1) is 13.8 Å². The number of rotatable bonds is 3. The van der Waals surface area contributed by atoms with Crippen molar-refractivity contribution in [1.29, 1.82) is 0 Å². The molecular formula is C20H20N2O. The van der Waals surface area contributed by atoms with Gasteiger partial charge in [-0.3, -0.25) is 4.99 Å². The number of hydrogen-bond donors (Lipinski definition) is 0. The summed E-state index contributed by atoms with van der Waals surface area (Å²) in [4.78, 5) is 8.99. The predicted octanol–water partition coefficient (Wildman–Crippen LogP) is 5.74. The highest BCUT2D eigenvalue weighted by Gasteiger charge is 2.10. The summed E-state index contributed by atoms with van der Waals surface area (Å²) in [7, 11) is 0. The number of nitrogens with zero attached hydrogens (tertiary/aromatic N) is 2. The fourth-order valence-electron chi connectivity index (χ4n) is 2.36. The van der Waals surface area contributed by atoms with Gasteiger partial charge in [-0.15, -0.1) is 0 Å². The van der Waals surface area contributed by atoms with Crippen LogP contribution < -0.4 is 0 Å². The summed E-state index contributed by atoms with van der Waals surface area (Å²) in [6.07, 6.45) is 1.77. The summed E-state index contributed by atoms with van der Waals surface area (Å²) in [6, 6.07) is 14.3. The fourth-order valence-corrected chi connectivity index (χ4v) is 2.36. The van der Waals surface area contributed by atoms with Gasteiger partial charge < -0.3 is 4.42 Å². The standard InChI is InChI=1S/C20H20N2O/c1-13(2)22-18-11-17(10-7-15(18)4)20-21-12-19(23-20)16-8-5-14(3)6-9-16/h5-12H,1-4H3. The highest BCUT2D eigenvalue weighted by atomic mass is 16.4. The smallest absolute Gasteiger partial charge is 0.226 e. The van der Waals surface area contributed by atoms with Gasteiger partial charge in [-0.25, -0.2) is 4.98 Å². The first kappa shape index (κ1) is 15.2. The fraction of sp³-hybridized carbons (Fsp3) is 0.200. The van der Waals surface area contributed by atoms with Gasteiger partial charge in [-0.1, -0.05) is 35.9 Å². The first-order chi connectivity index (χ1) is 11.0. The lowest BCUT2D eigenvalue weighted by molar-refractivity contribution is 0.589. The van der Waals surface area contributed by atoms with Crippen LogP contribution in [-0.2, 0) is 0 Å². The molecule has 0 aliphatic heterocycles. The number of aliphatic imine (C=N–C) groups is 1. The molecule has 0 saturated carbocycles. The monoisotopic (exact) mass is 304 g/mol. The molecule has 3 heteroatoms. The van der Waals surface area contributed by atoms with Crippen LogP contribution in [0.1, 0.15) is 25.0 Å². The lowest BCUT2D eigenvalue weighted by atomic mass is 10.1. The van der Waals surface area contributed by atoms with Gasteiger partial charge in [-0.05, 0) is 45.4 Å². The van der Waals surface area contributed by atoms with Crippen molar-refractivity contribution in [2.24, 2.45) is 4.99 Å². The van der Waals surface area contributed by atoms with Crippen LogP contribution in [0.2, 0.25) is 0 Å². The van der Waals surface area contributed by atoms with Crippen molar-refractivity contribution < 1.29 is 4.42 Å². The number of hydrogen-bond acceptors (Lipinski definition) is 3. The largest absolute Gasteiger partial charge is 0.436 e. The Kier molecular flexibility index (Phi) is 4.11. The average Bonchev–Trinajstić information content (AvgIpc) is 2.99. The van der Waals surface area contributed by atoms with Crippen molar-refractivity contribution in [2.75, 3.05) is 0 Å². The molecule has 3 nitrogen and oxygen atoms in total. The van der Waals surface area contributed by atoms with Crippen LogP contribution in [-0.4, -0.2) is 10.7 Å². The molecule has 116 valence electrons. The Balaban J connectivity index is 1.97. The van der Waals surface area contributed by atoms with Crippen molar-refractivity contribution in [3.63, 3.8) is 0 Å². The van der Waals surface area contributed by atoms with E-state index in [2.05, 4.69) is 36.0 Å². The number of aryl methyl sites for hydroxylation is 2. The Morgan fingerprint density at radius 3 is 2.35 bits per heavy atom. The minimum absolute atomic E-state index is 0.616. The maximum absolute atomic E-state index is 5.94. The topological polar surface area (TPSA) is 38.4 Å². The van der Waals surface area contributed by atoms with Crippen LogP contribution in [0.3, 0.4) is 0 Å². The van der Waals surface area contributed by atoms with Crippen molar-refractivity contribution in [2.45, 2.75) is 27.7 Å². The van der Waals surface area contributed by atoms with E-state index in [1.165, 1.54) is 5.56 Å². The molecule has 0 aliphatic rings. The molecule has 0 amide bonds. The summed E-state index contributed by atoms with van der Waals surface area (Å²) in [5, 5.41) is 0. The summed E-state index contributed by atoms with van der Waals surface area (Å²) < 4.78 is 5.94. The molecule has 0 fully saturated rings. The van der Waals surface area contributed by atoms with Gasteiger partial charge in [0, 0.05) is 16.8 Å². The van der Waals surface area contributed by atoms with Crippen LogP contribution in [0.4, 0.5) is 5.69 Å². The maximum Gasteiger partial charge on any atom is 0.226 e. The molecule has 1 aromatic heterocycles. The molecular weight excluding hydrogens is 284 g/mol. The molecule has 0 unspecified atom stereocenters. The Morgan fingerprint density at radius 1 is 0.957 bits per heavy atom. The summed E-state index contributed by atoms with van der Waals surface area (Å²) in [5.74, 6) is 1.39. The van der Waals surface area contributed by atoms with Gasteiger partial charge in [0.25, 0.3) is 0 Å². The first-order valence-corrected chi connectivity index (χ1v) is 7.69. The van der Waals surface area contributed by atoms with Gasteiger partial charge in [0.2, 0.25) is 5.89 Å². The van der Waals surface area contributed by atoms with E-state index >= 15 is 0 Å². The number of aromatic nitrogens is 1. The third kappa shape index (κ3) is 3.39. The second-order valence-electron chi connectivity index (χ2n) is 5.96.